The minimum absolute atomic E-state index is 0.383. The summed E-state index contributed by atoms with van der Waals surface area (Å²) in [5.74, 6) is -1.72. The first-order valence-electron chi connectivity index (χ1n) is 9.23. The van der Waals surface area contributed by atoms with E-state index in [0.717, 1.165) is 16.9 Å². The standard InChI is InChI=1S/C21H22N4O4/c1-3-14-9-11-15(12-10-14)18(27)24-23-17(26)13-25-19(28)21(2,22-20(25)29)16-7-5-4-6-8-16/h4-12H,3,13H2,1-2H3,(H,22,29)(H,23,26)(H,24,27)/t21-/m0/s1. The molecule has 0 saturated carbocycles. The number of carbonyl (C=O) groups excluding carboxylic acids is 4. The Kier molecular flexibility index (Phi) is 5.63. The molecule has 1 fully saturated rings. The van der Waals surface area contributed by atoms with E-state index in [-0.39, 0.29) is 0 Å². The number of hydrazine groups is 1. The largest absolute Gasteiger partial charge is 0.325 e. The van der Waals surface area contributed by atoms with E-state index < -0.39 is 35.8 Å². The summed E-state index contributed by atoms with van der Waals surface area (Å²) in [4.78, 5) is 50.1. The average molecular weight is 394 g/mol. The lowest BCUT2D eigenvalue weighted by molar-refractivity contribution is -0.135. The second-order valence-corrected chi connectivity index (χ2v) is 6.87. The van der Waals surface area contributed by atoms with Crippen molar-refractivity contribution in [3.63, 3.8) is 0 Å². The van der Waals surface area contributed by atoms with Crippen LogP contribution in [0.2, 0.25) is 0 Å². The van der Waals surface area contributed by atoms with Crippen LogP contribution in [0.15, 0.2) is 54.6 Å². The molecule has 1 saturated heterocycles. The first-order chi connectivity index (χ1) is 13.8. The van der Waals surface area contributed by atoms with Crippen molar-refractivity contribution in [1.82, 2.24) is 21.1 Å². The zero-order valence-electron chi connectivity index (χ0n) is 16.2. The molecular weight excluding hydrogens is 372 g/mol. The Bertz CT molecular complexity index is 943. The number of amides is 5. The molecule has 2 aromatic rings. The number of hydrogen-bond donors (Lipinski definition) is 3. The van der Waals surface area contributed by atoms with Gasteiger partial charge in [-0.05, 0) is 36.6 Å². The number of benzene rings is 2. The van der Waals surface area contributed by atoms with Crippen molar-refractivity contribution in [3.05, 3.63) is 71.3 Å². The molecule has 8 nitrogen and oxygen atoms in total. The maximum absolute atomic E-state index is 12.8. The zero-order valence-corrected chi connectivity index (χ0v) is 16.2. The minimum atomic E-state index is -1.25. The van der Waals surface area contributed by atoms with E-state index in [4.69, 9.17) is 0 Å². The Morgan fingerprint density at radius 3 is 2.28 bits per heavy atom. The normalized spacial score (nSPS) is 18.3. The first-order valence-corrected chi connectivity index (χ1v) is 9.23. The summed E-state index contributed by atoms with van der Waals surface area (Å²) in [7, 11) is 0. The van der Waals surface area contributed by atoms with Crippen LogP contribution in [0.3, 0.4) is 0 Å². The van der Waals surface area contributed by atoms with E-state index in [1.54, 1.807) is 49.4 Å². The highest BCUT2D eigenvalue weighted by Gasteiger charge is 2.49. The summed E-state index contributed by atoms with van der Waals surface area (Å²) >= 11 is 0. The zero-order chi connectivity index (χ0) is 21.0. The minimum Gasteiger partial charge on any atom is -0.319 e. The van der Waals surface area contributed by atoms with Gasteiger partial charge in [0.1, 0.15) is 12.1 Å². The van der Waals surface area contributed by atoms with E-state index in [2.05, 4.69) is 16.2 Å². The van der Waals surface area contributed by atoms with Crippen LogP contribution in [0.4, 0.5) is 4.79 Å². The number of rotatable bonds is 5. The third-order valence-electron chi connectivity index (χ3n) is 4.87. The lowest BCUT2D eigenvalue weighted by Gasteiger charge is -2.22. The van der Waals surface area contributed by atoms with Gasteiger partial charge in [-0.2, -0.15) is 0 Å². The molecule has 0 spiro atoms. The second kappa shape index (κ2) is 8.14. The lowest BCUT2D eigenvalue weighted by atomic mass is 9.92. The fourth-order valence-electron chi connectivity index (χ4n) is 3.08. The number of aryl methyl sites for hydroxylation is 1. The van der Waals surface area contributed by atoms with Gasteiger partial charge in [-0.25, -0.2) is 4.79 Å². The number of hydrogen-bond acceptors (Lipinski definition) is 4. The van der Waals surface area contributed by atoms with E-state index in [0.29, 0.717) is 11.1 Å². The fraction of sp³-hybridized carbons (Fsp3) is 0.238. The summed E-state index contributed by atoms with van der Waals surface area (Å²) in [6, 6.07) is 15.1. The number of urea groups is 1. The molecule has 2 aromatic carbocycles. The molecule has 0 aliphatic carbocycles. The summed E-state index contributed by atoms with van der Waals surface area (Å²) in [5, 5.41) is 2.62. The SMILES string of the molecule is CCc1ccc(C(=O)NNC(=O)CN2C(=O)N[C@@](C)(c3ccccc3)C2=O)cc1. The lowest BCUT2D eigenvalue weighted by Crippen LogP contribution is -2.48. The van der Waals surface area contributed by atoms with Gasteiger partial charge in [0.15, 0.2) is 0 Å². The molecule has 3 rings (SSSR count). The Labute approximate surface area is 168 Å². The highest BCUT2D eigenvalue weighted by Crippen LogP contribution is 2.28. The number of imide groups is 1. The second-order valence-electron chi connectivity index (χ2n) is 6.87. The summed E-state index contributed by atoms with van der Waals surface area (Å²) in [6.45, 7) is 3.08. The van der Waals surface area contributed by atoms with Gasteiger partial charge in [0.05, 0.1) is 0 Å². The van der Waals surface area contributed by atoms with Crippen LogP contribution in [0.1, 0.15) is 35.3 Å². The monoisotopic (exact) mass is 394 g/mol. The molecule has 1 aliphatic rings. The molecule has 0 bridgehead atoms. The number of carbonyl (C=O) groups is 4. The smallest absolute Gasteiger partial charge is 0.319 e. The number of nitrogens with zero attached hydrogens (tertiary/aromatic N) is 1. The van der Waals surface area contributed by atoms with Crippen molar-refractivity contribution in [2.45, 2.75) is 25.8 Å². The van der Waals surface area contributed by atoms with Gasteiger partial charge in [-0.1, -0.05) is 49.4 Å². The van der Waals surface area contributed by atoms with Crippen LogP contribution in [0.5, 0.6) is 0 Å². The van der Waals surface area contributed by atoms with Crippen molar-refractivity contribution in [2.24, 2.45) is 0 Å². The van der Waals surface area contributed by atoms with Crippen LogP contribution < -0.4 is 16.2 Å². The van der Waals surface area contributed by atoms with Crippen LogP contribution in [0, 0.1) is 0 Å². The van der Waals surface area contributed by atoms with E-state index in [1.165, 1.54) is 0 Å². The maximum Gasteiger partial charge on any atom is 0.325 e. The Morgan fingerprint density at radius 1 is 1.00 bits per heavy atom. The van der Waals surface area contributed by atoms with Crippen LogP contribution in [0.25, 0.3) is 0 Å². The maximum atomic E-state index is 12.8. The van der Waals surface area contributed by atoms with Crippen LogP contribution in [-0.2, 0) is 21.5 Å². The number of nitrogens with one attached hydrogen (secondary N) is 3. The van der Waals surface area contributed by atoms with Crippen molar-refractivity contribution in [3.8, 4) is 0 Å². The molecule has 0 unspecified atom stereocenters. The van der Waals surface area contributed by atoms with Crippen molar-refractivity contribution >= 4 is 23.8 Å². The topological polar surface area (TPSA) is 108 Å². The van der Waals surface area contributed by atoms with Gasteiger partial charge in [0.2, 0.25) is 0 Å². The summed E-state index contributed by atoms with van der Waals surface area (Å²) in [5.41, 5.74) is 5.36. The Hall–Kier alpha value is -3.68. The quantitative estimate of drug-likeness (QED) is 0.527. The molecule has 1 aliphatic heterocycles. The molecular formula is C21H22N4O4. The Morgan fingerprint density at radius 2 is 1.66 bits per heavy atom. The van der Waals surface area contributed by atoms with Gasteiger partial charge in [0.25, 0.3) is 17.7 Å². The molecule has 0 aromatic heterocycles. The van der Waals surface area contributed by atoms with E-state index in [9.17, 15) is 19.2 Å². The predicted molar refractivity (Wildman–Crippen MR) is 105 cm³/mol. The highest BCUT2D eigenvalue weighted by molar-refractivity contribution is 6.09. The van der Waals surface area contributed by atoms with Gasteiger partial charge in [-0.15, -0.1) is 0 Å². The molecule has 8 heteroatoms. The first kappa shape index (κ1) is 20.1. The molecule has 29 heavy (non-hydrogen) atoms. The molecule has 1 heterocycles. The average Bonchev–Trinajstić information content (AvgIpc) is 2.96. The van der Waals surface area contributed by atoms with Gasteiger partial charge < -0.3 is 5.32 Å². The van der Waals surface area contributed by atoms with Crippen LogP contribution in [-0.4, -0.2) is 35.2 Å². The molecule has 1 atom stereocenters. The van der Waals surface area contributed by atoms with Crippen LogP contribution >= 0.6 is 0 Å². The molecule has 150 valence electrons. The third kappa shape index (κ3) is 4.11. The predicted octanol–water partition coefficient (Wildman–Crippen LogP) is 1.48. The fourth-order valence-corrected chi connectivity index (χ4v) is 3.08. The third-order valence-corrected chi connectivity index (χ3v) is 4.87. The van der Waals surface area contributed by atoms with Crippen molar-refractivity contribution in [2.75, 3.05) is 6.54 Å². The summed E-state index contributed by atoms with van der Waals surface area (Å²) < 4.78 is 0. The molecule has 3 N–H and O–H groups in total. The van der Waals surface area contributed by atoms with Gasteiger partial charge >= 0.3 is 6.03 Å². The van der Waals surface area contributed by atoms with Crippen molar-refractivity contribution < 1.29 is 19.2 Å². The molecule has 5 amide bonds. The van der Waals surface area contributed by atoms with Gasteiger partial charge in [-0.3, -0.25) is 30.1 Å². The van der Waals surface area contributed by atoms with Crippen molar-refractivity contribution in [1.29, 1.82) is 0 Å². The van der Waals surface area contributed by atoms with E-state index >= 15 is 0 Å². The highest BCUT2D eigenvalue weighted by atomic mass is 16.2. The van der Waals surface area contributed by atoms with E-state index in [1.807, 2.05) is 19.1 Å². The van der Waals surface area contributed by atoms with Gasteiger partial charge in [0, 0.05) is 5.56 Å². The summed E-state index contributed by atoms with van der Waals surface area (Å²) in [6.07, 6.45) is 0.854. The Balaban J connectivity index is 1.59. The molecule has 0 radical (unpaired) electrons.